The summed E-state index contributed by atoms with van der Waals surface area (Å²) in [7, 11) is -2.91. The average molecular weight is 293 g/mol. The second-order valence-corrected chi connectivity index (χ2v) is 5.94. The first-order chi connectivity index (χ1) is 8.73. The van der Waals surface area contributed by atoms with Gasteiger partial charge in [-0.05, 0) is 17.7 Å². The third-order valence-corrected chi connectivity index (χ3v) is 4.22. The number of sulfonamides is 1. The number of benzene rings is 1. The maximum atomic E-state index is 12.2. The Morgan fingerprint density at radius 3 is 2.26 bits per heavy atom. The summed E-state index contributed by atoms with van der Waals surface area (Å²) in [4.78, 5) is 10.3. The molecule has 1 aromatic rings. The average Bonchev–Trinajstić information content (AvgIpc) is 2.27. The molecule has 5 nitrogen and oxygen atoms in total. The Morgan fingerprint density at radius 2 is 1.84 bits per heavy atom. The maximum Gasteiger partial charge on any atom is 0.307 e. The molecule has 1 rings (SSSR count). The molecule has 0 heterocycles. The number of aliphatic carboxylic acids is 1. The standard InChI is InChI=1S/C11H13F2NO4S/c1-14(7-10(12)13)19(17,18)9-4-2-8(3-5-9)6-11(15)16/h2-5,10H,6-7H2,1H3,(H,15,16). The third kappa shape index (κ3) is 4.25. The predicted octanol–water partition coefficient (Wildman–Crippen LogP) is 1.20. The number of hydrogen-bond acceptors (Lipinski definition) is 3. The van der Waals surface area contributed by atoms with Crippen LogP contribution in [-0.4, -0.2) is 43.8 Å². The highest BCUT2D eigenvalue weighted by Crippen LogP contribution is 2.16. The lowest BCUT2D eigenvalue weighted by atomic mass is 10.2. The van der Waals surface area contributed by atoms with Gasteiger partial charge in [-0.1, -0.05) is 12.1 Å². The second-order valence-electron chi connectivity index (χ2n) is 3.89. The molecule has 0 aliphatic heterocycles. The molecule has 0 radical (unpaired) electrons. The molecule has 0 amide bonds. The molecule has 0 atom stereocenters. The fraction of sp³-hybridized carbons (Fsp3) is 0.364. The summed E-state index contributed by atoms with van der Waals surface area (Å²) in [6.07, 6.45) is -2.99. The van der Waals surface area contributed by atoms with Crippen LogP contribution < -0.4 is 0 Å². The van der Waals surface area contributed by atoms with Crippen LogP contribution in [-0.2, 0) is 21.2 Å². The van der Waals surface area contributed by atoms with Crippen molar-refractivity contribution in [3.05, 3.63) is 29.8 Å². The van der Waals surface area contributed by atoms with Crippen molar-refractivity contribution in [3.8, 4) is 0 Å². The second kappa shape index (κ2) is 6.07. The van der Waals surface area contributed by atoms with E-state index in [0.717, 1.165) is 7.05 Å². The van der Waals surface area contributed by atoms with Gasteiger partial charge < -0.3 is 5.11 Å². The van der Waals surface area contributed by atoms with E-state index in [4.69, 9.17) is 5.11 Å². The number of carboxylic acid groups (broad SMARTS) is 1. The van der Waals surface area contributed by atoms with E-state index < -0.39 is 29.0 Å². The third-order valence-electron chi connectivity index (χ3n) is 2.38. The number of halogens is 2. The van der Waals surface area contributed by atoms with E-state index in [0.29, 0.717) is 9.87 Å². The molecule has 0 aliphatic rings. The molecule has 0 bridgehead atoms. The van der Waals surface area contributed by atoms with E-state index >= 15 is 0 Å². The zero-order valence-electron chi connectivity index (χ0n) is 10.1. The molecular weight excluding hydrogens is 280 g/mol. The van der Waals surface area contributed by atoms with Gasteiger partial charge in [0.15, 0.2) is 0 Å². The molecule has 8 heteroatoms. The minimum Gasteiger partial charge on any atom is -0.481 e. The van der Waals surface area contributed by atoms with E-state index in [1.165, 1.54) is 24.3 Å². The van der Waals surface area contributed by atoms with Gasteiger partial charge in [-0.3, -0.25) is 4.79 Å². The van der Waals surface area contributed by atoms with Crippen molar-refractivity contribution < 1.29 is 27.1 Å². The Labute approximate surface area is 109 Å². The van der Waals surface area contributed by atoms with Gasteiger partial charge in [0.05, 0.1) is 17.9 Å². The van der Waals surface area contributed by atoms with E-state index in [9.17, 15) is 22.0 Å². The first-order valence-corrected chi connectivity index (χ1v) is 6.72. The lowest BCUT2D eigenvalue weighted by Gasteiger charge is -2.16. The minimum absolute atomic E-state index is 0.148. The zero-order valence-corrected chi connectivity index (χ0v) is 10.9. The van der Waals surface area contributed by atoms with Crippen molar-refractivity contribution in [2.45, 2.75) is 17.7 Å². The normalized spacial score (nSPS) is 12.1. The fourth-order valence-corrected chi connectivity index (χ4v) is 2.58. The van der Waals surface area contributed by atoms with Crippen LogP contribution in [0.1, 0.15) is 5.56 Å². The SMILES string of the molecule is CN(CC(F)F)S(=O)(=O)c1ccc(CC(=O)O)cc1. The molecule has 0 aliphatic carbocycles. The molecule has 106 valence electrons. The summed E-state index contributed by atoms with van der Waals surface area (Å²) < 4.78 is 48.6. The van der Waals surface area contributed by atoms with E-state index in [-0.39, 0.29) is 11.3 Å². The topological polar surface area (TPSA) is 74.7 Å². The Kier molecular flexibility index (Phi) is 4.96. The van der Waals surface area contributed by atoms with Gasteiger partial charge in [-0.2, -0.15) is 4.31 Å². The monoisotopic (exact) mass is 293 g/mol. The van der Waals surface area contributed by atoms with Crippen LogP contribution in [0, 0.1) is 0 Å². The molecule has 19 heavy (non-hydrogen) atoms. The number of alkyl halides is 2. The number of carbonyl (C=O) groups is 1. The van der Waals surface area contributed by atoms with Crippen LogP contribution >= 0.6 is 0 Å². The zero-order chi connectivity index (χ0) is 14.6. The largest absolute Gasteiger partial charge is 0.481 e. The Balaban J connectivity index is 2.93. The maximum absolute atomic E-state index is 12.2. The predicted molar refractivity (Wildman–Crippen MR) is 63.6 cm³/mol. The lowest BCUT2D eigenvalue weighted by molar-refractivity contribution is -0.136. The number of nitrogens with zero attached hydrogens (tertiary/aromatic N) is 1. The van der Waals surface area contributed by atoms with Crippen LogP contribution in [0.4, 0.5) is 8.78 Å². The van der Waals surface area contributed by atoms with Crippen molar-refractivity contribution in [1.29, 1.82) is 0 Å². The minimum atomic E-state index is -3.97. The highest BCUT2D eigenvalue weighted by Gasteiger charge is 2.23. The molecule has 1 N–H and O–H groups in total. The number of hydrogen-bond donors (Lipinski definition) is 1. The molecule has 0 fully saturated rings. The van der Waals surface area contributed by atoms with E-state index in [1.54, 1.807) is 0 Å². The summed E-state index contributed by atoms with van der Waals surface area (Å²) in [6, 6.07) is 5.10. The van der Waals surface area contributed by atoms with Gasteiger partial charge >= 0.3 is 5.97 Å². The van der Waals surface area contributed by atoms with Crippen molar-refractivity contribution in [2.24, 2.45) is 0 Å². The van der Waals surface area contributed by atoms with Gasteiger partial charge in [-0.25, -0.2) is 17.2 Å². The summed E-state index contributed by atoms with van der Waals surface area (Å²) >= 11 is 0. The highest BCUT2D eigenvalue weighted by molar-refractivity contribution is 7.89. The summed E-state index contributed by atoms with van der Waals surface area (Å²) in [5.74, 6) is -1.04. The van der Waals surface area contributed by atoms with Crippen LogP contribution in [0.2, 0.25) is 0 Å². The molecular formula is C11H13F2NO4S. The van der Waals surface area contributed by atoms with Gasteiger partial charge in [0.2, 0.25) is 10.0 Å². The van der Waals surface area contributed by atoms with Gasteiger partial charge in [0.1, 0.15) is 0 Å². The van der Waals surface area contributed by atoms with Gasteiger partial charge in [0, 0.05) is 7.05 Å². The molecule has 0 spiro atoms. The highest BCUT2D eigenvalue weighted by atomic mass is 32.2. The van der Waals surface area contributed by atoms with Crippen LogP contribution in [0.5, 0.6) is 0 Å². The molecule has 0 saturated carbocycles. The van der Waals surface area contributed by atoms with Crippen molar-refractivity contribution >= 4 is 16.0 Å². The van der Waals surface area contributed by atoms with Crippen molar-refractivity contribution in [2.75, 3.05) is 13.6 Å². The Hall–Kier alpha value is -1.54. The number of carboxylic acids is 1. The van der Waals surface area contributed by atoms with Gasteiger partial charge in [-0.15, -0.1) is 0 Å². The van der Waals surface area contributed by atoms with Crippen molar-refractivity contribution in [3.63, 3.8) is 0 Å². The molecule has 0 unspecified atom stereocenters. The van der Waals surface area contributed by atoms with E-state index in [1.807, 2.05) is 0 Å². The number of rotatable bonds is 6. The first-order valence-electron chi connectivity index (χ1n) is 5.28. The van der Waals surface area contributed by atoms with Crippen LogP contribution in [0.25, 0.3) is 0 Å². The fourth-order valence-electron chi connectivity index (χ4n) is 1.43. The molecule has 1 aromatic carbocycles. The summed E-state index contributed by atoms with van der Waals surface area (Å²) in [6.45, 7) is -0.890. The van der Waals surface area contributed by atoms with E-state index in [2.05, 4.69) is 0 Å². The first kappa shape index (κ1) is 15.5. The Morgan fingerprint density at radius 1 is 1.32 bits per heavy atom. The smallest absolute Gasteiger partial charge is 0.307 e. The lowest BCUT2D eigenvalue weighted by Crippen LogP contribution is -2.31. The quantitative estimate of drug-likeness (QED) is 0.855. The van der Waals surface area contributed by atoms with Crippen molar-refractivity contribution in [1.82, 2.24) is 4.31 Å². The van der Waals surface area contributed by atoms with Gasteiger partial charge in [0.25, 0.3) is 6.43 Å². The Bertz CT molecular complexity index is 542. The summed E-state index contributed by atoms with van der Waals surface area (Å²) in [5.41, 5.74) is 0.433. The molecule has 0 saturated heterocycles. The molecule has 0 aromatic heterocycles. The van der Waals surface area contributed by atoms with Crippen LogP contribution in [0.3, 0.4) is 0 Å². The summed E-state index contributed by atoms with van der Waals surface area (Å²) in [5, 5.41) is 8.57. The van der Waals surface area contributed by atoms with Crippen LogP contribution in [0.15, 0.2) is 29.2 Å².